The lowest BCUT2D eigenvalue weighted by Crippen LogP contribution is -2.24. The second-order valence-electron chi connectivity index (χ2n) is 5.44. The van der Waals surface area contributed by atoms with Crippen molar-refractivity contribution in [3.63, 3.8) is 0 Å². The van der Waals surface area contributed by atoms with Crippen molar-refractivity contribution < 1.29 is 19.1 Å². The highest BCUT2D eigenvalue weighted by atomic mass is 16.6. The molecule has 1 unspecified atom stereocenters. The maximum absolute atomic E-state index is 11.3. The highest BCUT2D eigenvalue weighted by Crippen LogP contribution is 2.17. The summed E-state index contributed by atoms with van der Waals surface area (Å²) < 4.78 is 10.5. The fourth-order valence-corrected chi connectivity index (χ4v) is 2.25. The van der Waals surface area contributed by atoms with Gasteiger partial charge in [0.25, 0.3) is 5.91 Å². The van der Waals surface area contributed by atoms with Gasteiger partial charge in [0, 0.05) is 0 Å². The van der Waals surface area contributed by atoms with Gasteiger partial charge in [0.1, 0.15) is 5.75 Å². The Hall–Kier alpha value is -2.04. The number of carbonyl (C=O) groups excluding carboxylic acids is 2. The summed E-state index contributed by atoms with van der Waals surface area (Å²) in [6.07, 6.45) is 2.23. The summed E-state index contributed by atoms with van der Waals surface area (Å²) in [4.78, 5) is 22.2. The molecule has 114 valence electrons. The van der Waals surface area contributed by atoms with Crippen LogP contribution >= 0.6 is 0 Å². The summed E-state index contributed by atoms with van der Waals surface area (Å²) in [6, 6.07) is 8.06. The van der Waals surface area contributed by atoms with E-state index in [4.69, 9.17) is 9.47 Å². The van der Waals surface area contributed by atoms with E-state index in [1.54, 1.807) is 0 Å². The monoisotopic (exact) mass is 291 g/mol. The SMILES string of the molecule is CC(C)Oc1ccc(CCCCC2OC(=O)NC2=O)cc1. The van der Waals surface area contributed by atoms with Crippen molar-refractivity contribution in [2.75, 3.05) is 0 Å². The normalized spacial score (nSPS) is 17.8. The molecule has 1 atom stereocenters. The first kappa shape index (κ1) is 15.4. The summed E-state index contributed by atoms with van der Waals surface area (Å²) in [6.45, 7) is 4.00. The molecule has 1 aliphatic heterocycles. The molecule has 1 heterocycles. The minimum Gasteiger partial charge on any atom is -0.491 e. The van der Waals surface area contributed by atoms with Crippen LogP contribution in [0.1, 0.15) is 38.7 Å². The van der Waals surface area contributed by atoms with Gasteiger partial charge in [0.2, 0.25) is 0 Å². The Balaban J connectivity index is 1.69. The molecular weight excluding hydrogens is 270 g/mol. The van der Waals surface area contributed by atoms with Gasteiger partial charge in [0.15, 0.2) is 6.10 Å². The molecule has 0 radical (unpaired) electrons. The van der Waals surface area contributed by atoms with Crippen LogP contribution in [0.4, 0.5) is 4.79 Å². The van der Waals surface area contributed by atoms with E-state index in [1.807, 2.05) is 26.0 Å². The van der Waals surface area contributed by atoms with E-state index in [1.165, 1.54) is 5.56 Å². The maximum Gasteiger partial charge on any atom is 0.414 e. The number of hydrogen-bond acceptors (Lipinski definition) is 4. The van der Waals surface area contributed by atoms with Crippen LogP contribution in [0.25, 0.3) is 0 Å². The Morgan fingerprint density at radius 2 is 1.90 bits per heavy atom. The van der Waals surface area contributed by atoms with Gasteiger partial charge in [-0.3, -0.25) is 10.1 Å². The largest absolute Gasteiger partial charge is 0.491 e. The van der Waals surface area contributed by atoms with E-state index < -0.39 is 12.2 Å². The molecule has 1 aromatic rings. The molecule has 0 aromatic heterocycles. The van der Waals surface area contributed by atoms with Crippen LogP contribution in [-0.2, 0) is 16.0 Å². The molecule has 1 fully saturated rings. The van der Waals surface area contributed by atoms with E-state index in [2.05, 4.69) is 17.4 Å². The Kier molecular flexibility index (Phi) is 5.20. The molecular formula is C16H21NO4. The summed E-state index contributed by atoms with van der Waals surface area (Å²) in [7, 11) is 0. The molecule has 0 bridgehead atoms. The van der Waals surface area contributed by atoms with E-state index in [-0.39, 0.29) is 12.0 Å². The highest BCUT2D eigenvalue weighted by molar-refractivity contribution is 5.99. The average molecular weight is 291 g/mol. The fraction of sp³-hybridized carbons (Fsp3) is 0.500. The standard InChI is InChI=1S/C16H21NO4/c1-11(2)20-13-9-7-12(8-10-13)5-3-4-6-14-15(18)17-16(19)21-14/h7-11,14H,3-6H2,1-2H3,(H,17,18,19). The van der Waals surface area contributed by atoms with Crippen molar-refractivity contribution in [2.45, 2.75) is 51.7 Å². The number of cyclic esters (lactones) is 1. The smallest absolute Gasteiger partial charge is 0.414 e. The van der Waals surface area contributed by atoms with Crippen molar-refractivity contribution in [1.82, 2.24) is 5.32 Å². The van der Waals surface area contributed by atoms with Crippen molar-refractivity contribution in [3.8, 4) is 5.75 Å². The quantitative estimate of drug-likeness (QED) is 0.785. The molecule has 0 spiro atoms. The third-order valence-corrected chi connectivity index (χ3v) is 3.24. The lowest BCUT2D eigenvalue weighted by atomic mass is 10.0. The van der Waals surface area contributed by atoms with Gasteiger partial charge < -0.3 is 9.47 Å². The molecule has 2 amide bonds. The third kappa shape index (κ3) is 4.77. The van der Waals surface area contributed by atoms with Gasteiger partial charge in [-0.05, 0) is 57.2 Å². The lowest BCUT2D eigenvalue weighted by molar-refractivity contribution is -0.123. The van der Waals surface area contributed by atoms with Gasteiger partial charge in [0.05, 0.1) is 6.10 Å². The van der Waals surface area contributed by atoms with Gasteiger partial charge in [-0.1, -0.05) is 12.1 Å². The minimum absolute atomic E-state index is 0.177. The zero-order chi connectivity index (χ0) is 15.2. The number of alkyl carbamates (subject to hydrolysis) is 1. The number of rotatable bonds is 7. The second-order valence-corrected chi connectivity index (χ2v) is 5.44. The number of aryl methyl sites for hydroxylation is 1. The predicted molar refractivity (Wildman–Crippen MR) is 78.2 cm³/mol. The van der Waals surface area contributed by atoms with E-state index in [0.29, 0.717) is 6.42 Å². The molecule has 1 saturated heterocycles. The van der Waals surface area contributed by atoms with Gasteiger partial charge >= 0.3 is 6.09 Å². The van der Waals surface area contributed by atoms with Crippen molar-refractivity contribution in [2.24, 2.45) is 0 Å². The van der Waals surface area contributed by atoms with Crippen LogP contribution < -0.4 is 10.1 Å². The number of unbranched alkanes of at least 4 members (excludes halogenated alkanes) is 1. The number of ether oxygens (including phenoxy) is 2. The summed E-state index contributed by atoms with van der Waals surface area (Å²) in [5.41, 5.74) is 1.24. The Labute approximate surface area is 124 Å². The number of hydrogen-bond donors (Lipinski definition) is 1. The van der Waals surface area contributed by atoms with E-state index >= 15 is 0 Å². The number of imide groups is 1. The number of carbonyl (C=O) groups is 2. The number of amides is 2. The van der Waals surface area contributed by atoms with Crippen LogP contribution in [0.15, 0.2) is 24.3 Å². The molecule has 0 aliphatic carbocycles. The van der Waals surface area contributed by atoms with Gasteiger partial charge in [-0.15, -0.1) is 0 Å². The summed E-state index contributed by atoms with van der Waals surface area (Å²) in [5, 5.41) is 2.13. The average Bonchev–Trinajstić information content (AvgIpc) is 2.74. The van der Waals surface area contributed by atoms with Gasteiger partial charge in [-0.2, -0.15) is 0 Å². The van der Waals surface area contributed by atoms with Crippen LogP contribution in [0, 0.1) is 0 Å². The first-order valence-electron chi connectivity index (χ1n) is 7.31. The first-order valence-corrected chi connectivity index (χ1v) is 7.31. The zero-order valence-electron chi connectivity index (χ0n) is 12.4. The molecule has 0 saturated carbocycles. The van der Waals surface area contributed by atoms with Crippen LogP contribution in [0.3, 0.4) is 0 Å². The molecule has 21 heavy (non-hydrogen) atoms. The minimum atomic E-state index is -0.634. The van der Waals surface area contributed by atoms with E-state index in [0.717, 1.165) is 25.0 Å². The lowest BCUT2D eigenvalue weighted by Gasteiger charge is -2.10. The molecule has 2 rings (SSSR count). The second kappa shape index (κ2) is 7.11. The molecule has 1 aromatic carbocycles. The fourth-order valence-electron chi connectivity index (χ4n) is 2.25. The third-order valence-electron chi connectivity index (χ3n) is 3.24. The molecule has 1 aliphatic rings. The van der Waals surface area contributed by atoms with Crippen LogP contribution in [0.5, 0.6) is 5.75 Å². The maximum atomic E-state index is 11.3. The first-order chi connectivity index (χ1) is 10.0. The van der Waals surface area contributed by atoms with Crippen molar-refractivity contribution in [3.05, 3.63) is 29.8 Å². The van der Waals surface area contributed by atoms with Crippen molar-refractivity contribution >= 4 is 12.0 Å². The Morgan fingerprint density at radius 3 is 2.48 bits per heavy atom. The highest BCUT2D eigenvalue weighted by Gasteiger charge is 2.31. The topological polar surface area (TPSA) is 64.6 Å². The Morgan fingerprint density at radius 1 is 1.19 bits per heavy atom. The molecule has 5 heteroatoms. The Bertz CT molecular complexity index is 496. The predicted octanol–water partition coefficient (Wildman–Crippen LogP) is 2.82. The van der Waals surface area contributed by atoms with Crippen LogP contribution in [-0.4, -0.2) is 24.2 Å². The van der Waals surface area contributed by atoms with Gasteiger partial charge in [-0.25, -0.2) is 4.79 Å². The van der Waals surface area contributed by atoms with Crippen LogP contribution in [0.2, 0.25) is 0 Å². The van der Waals surface area contributed by atoms with Crippen molar-refractivity contribution in [1.29, 1.82) is 0 Å². The van der Waals surface area contributed by atoms with E-state index in [9.17, 15) is 9.59 Å². The summed E-state index contributed by atoms with van der Waals surface area (Å²) in [5.74, 6) is 0.554. The molecule has 1 N–H and O–H groups in total. The zero-order valence-corrected chi connectivity index (χ0v) is 12.4. The molecule has 5 nitrogen and oxygen atoms in total. The number of nitrogens with one attached hydrogen (secondary N) is 1. The summed E-state index contributed by atoms with van der Waals surface area (Å²) >= 11 is 0. The number of benzene rings is 1.